The molecule has 2 heterocycles. The van der Waals surface area contributed by atoms with E-state index in [2.05, 4.69) is 14.7 Å². The van der Waals surface area contributed by atoms with Crippen molar-refractivity contribution in [3.05, 3.63) is 78.1 Å². The number of nitrogens with one attached hydrogen (secondary N) is 1. The Bertz CT molecular complexity index is 942. The molecule has 0 radical (unpaired) electrons. The quantitative estimate of drug-likeness (QED) is 0.585. The standard InChI is InChI=1S/C21H21F3N4S/c22-21(23,24)16-5-4-8-20(13-16)29-26-18-9-11-27(15-18)14-17-10-12-28(25-17)19-6-2-1-3-7-19/h1-8,10,12-13,18,26H,9,11,14-15H2. The largest absolute Gasteiger partial charge is 0.416 e. The Kier molecular flexibility index (Phi) is 5.94. The maximum atomic E-state index is 12.8. The molecule has 0 spiro atoms. The van der Waals surface area contributed by atoms with Gasteiger partial charge < -0.3 is 0 Å². The summed E-state index contributed by atoms with van der Waals surface area (Å²) in [5.41, 5.74) is 1.41. The van der Waals surface area contributed by atoms with E-state index in [1.54, 1.807) is 6.07 Å². The molecule has 152 valence electrons. The molecule has 1 atom stereocenters. The van der Waals surface area contributed by atoms with Gasteiger partial charge in [-0.3, -0.25) is 9.62 Å². The Balaban J connectivity index is 1.28. The second-order valence-electron chi connectivity index (χ2n) is 7.05. The first-order valence-electron chi connectivity index (χ1n) is 9.39. The predicted octanol–water partition coefficient (Wildman–Crippen LogP) is 4.76. The summed E-state index contributed by atoms with van der Waals surface area (Å²) in [6, 6.07) is 17.6. The van der Waals surface area contributed by atoms with Gasteiger partial charge in [-0.1, -0.05) is 24.3 Å². The lowest BCUT2D eigenvalue weighted by Gasteiger charge is -2.15. The number of alkyl halides is 3. The molecule has 0 aliphatic carbocycles. The van der Waals surface area contributed by atoms with Gasteiger partial charge in [-0.2, -0.15) is 18.3 Å². The number of halogens is 3. The molecule has 3 aromatic rings. The molecular formula is C21H21F3N4S. The van der Waals surface area contributed by atoms with Crippen molar-refractivity contribution >= 4 is 11.9 Å². The average molecular weight is 418 g/mol. The first-order chi connectivity index (χ1) is 14.0. The van der Waals surface area contributed by atoms with Crippen LogP contribution >= 0.6 is 11.9 Å². The summed E-state index contributed by atoms with van der Waals surface area (Å²) >= 11 is 1.26. The van der Waals surface area contributed by atoms with Crippen molar-refractivity contribution in [1.29, 1.82) is 0 Å². The van der Waals surface area contributed by atoms with E-state index in [0.717, 1.165) is 43.5 Å². The summed E-state index contributed by atoms with van der Waals surface area (Å²) in [5, 5.41) is 4.64. The molecule has 1 unspecified atom stereocenters. The molecule has 1 aliphatic heterocycles. The van der Waals surface area contributed by atoms with Crippen molar-refractivity contribution in [3.63, 3.8) is 0 Å². The van der Waals surface area contributed by atoms with E-state index in [0.29, 0.717) is 4.90 Å². The van der Waals surface area contributed by atoms with Gasteiger partial charge in [0.1, 0.15) is 0 Å². The van der Waals surface area contributed by atoms with Gasteiger partial charge >= 0.3 is 6.18 Å². The predicted molar refractivity (Wildman–Crippen MR) is 108 cm³/mol. The van der Waals surface area contributed by atoms with Gasteiger partial charge in [0.15, 0.2) is 0 Å². The number of nitrogens with zero attached hydrogens (tertiary/aromatic N) is 3. The number of rotatable bonds is 6. The average Bonchev–Trinajstić information content (AvgIpc) is 3.37. The molecule has 1 aromatic heterocycles. The molecule has 4 nitrogen and oxygen atoms in total. The molecule has 8 heteroatoms. The molecule has 1 saturated heterocycles. The van der Waals surface area contributed by atoms with Crippen LogP contribution in [0.5, 0.6) is 0 Å². The van der Waals surface area contributed by atoms with Crippen LogP contribution < -0.4 is 4.72 Å². The van der Waals surface area contributed by atoms with E-state index in [1.807, 2.05) is 47.3 Å². The monoisotopic (exact) mass is 418 g/mol. The first-order valence-corrected chi connectivity index (χ1v) is 10.2. The molecular weight excluding hydrogens is 397 g/mol. The van der Waals surface area contributed by atoms with Gasteiger partial charge in [0.25, 0.3) is 0 Å². The van der Waals surface area contributed by atoms with Gasteiger partial charge in [-0.25, -0.2) is 4.68 Å². The molecule has 1 N–H and O–H groups in total. The maximum Gasteiger partial charge on any atom is 0.416 e. The molecule has 1 aliphatic rings. The Morgan fingerprint density at radius 2 is 1.90 bits per heavy atom. The SMILES string of the molecule is FC(F)(F)c1cccc(SNC2CCN(Cc3ccn(-c4ccccc4)n3)C2)c1. The lowest BCUT2D eigenvalue weighted by molar-refractivity contribution is -0.137. The van der Waals surface area contributed by atoms with E-state index < -0.39 is 11.7 Å². The van der Waals surface area contributed by atoms with E-state index in [4.69, 9.17) is 0 Å². The van der Waals surface area contributed by atoms with Crippen molar-refractivity contribution in [2.24, 2.45) is 0 Å². The van der Waals surface area contributed by atoms with E-state index in [1.165, 1.54) is 24.1 Å². The van der Waals surface area contributed by atoms with Crippen LogP contribution in [-0.2, 0) is 12.7 Å². The number of hydrogen-bond donors (Lipinski definition) is 1. The van der Waals surface area contributed by atoms with Crippen LogP contribution in [0.15, 0.2) is 71.8 Å². The van der Waals surface area contributed by atoms with Crippen molar-refractivity contribution in [2.75, 3.05) is 13.1 Å². The van der Waals surface area contributed by atoms with Crippen molar-refractivity contribution in [3.8, 4) is 5.69 Å². The molecule has 4 rings (SSSR count). The Morgan fingerprint density at radius 3 is 2.69 bits per heavy atom. The molecule has 0 bridgehead atoms. The zero-order chi connectivity index (χ0) is 20.3. The zero-order valence-corrected chi connectivity index (χ0v) is 16.5. The zero-order valence-electron chi connectivity index (χ0n) is 15.6. The van der Waals surface area contributed by atoms with Gasteiger partial charge in [-0.15, -0.1) is 0 Å². The van der Waals surface area contributed by atoms with Crippen molar-refractivity contribution in [1.82, 2.24) is 19.4 Å². The van der Waals surface area contributed by atoms with Crippen LogP contribution in [0.1, 0.15) is 17.7 Å². The van der Waals surface area contributed by atoms with Crippen LogP contribution in [0.4, 0.5) is 13.2 Å². The number of hydrogen-bond acceptors (Lipinski definition) is 4. The molecule has 0 saturated carbocycles. The highest BCUT2D eigenvalue weighted by molar-refractivity contribution is 7.97. The molecule has 29 heavy (non-hydrogen) atoms. The van der Waals surface area contributed by atoms with Crippen LogP contribution in [0, 0.1) is 0 Å². The van der Waals surface area contributed by atoms with Crippen molar-refractivity contribution in [2.45, 2.75) is 30.1 Å². The molecule has 2 aromatic carbocycles. The normalized spacial score (nSPS) is 17.7. The highest BCUT2D eigenvalue weighted by Gasteiger charge is 2.30. The van der Waals surface area contributed by atoms with Crippen LogP contribution in [-0.4, -0.2) is 33.8 Å². The number of benzene rings is 2. The summed E-state index contributed by atoms with van der Waals surface area (Å²) in [7, 11) is 0. The maximum absolute atomic E-state index is 12.8. The van der Waals surface area contributed by atoms with Gasteiger partial charge in [0.05, 0.1) is 16.9 Å². The minimum atomic E-state index is -4.32. The lowest BCUT2D eigenvalue weighted by atomic mass is 10.2. The fraction of sp³-hybridized carbons (Fsp3) is 0.286. The van der Waals surface area contributed by atoms with Gasteiger partial charge in [0.2, 0.25) is 0 Å². The highest BCUT2D eigenvalue weighted by Crippen LogP contribution is 2.31. The smallest absolute Gasteiger partial charge is 0.296 e. The van der Waals surface area contributed by atoms with Crippen LogP contribution in [0.2, 0.25) is 0 Å². The van der Waals surface area contributed by atoms with E-state index in [-0.39, 0.29) is 6.04 Å². The molecule has 1 fully saturated rings. The second kappa shape index (κ2) is 8.61. The fourth-order valence-corrected chi connectivity index (χ4v) is 4.19. The lowest BCUT2D eigenvalue weighted by Crippen LogP contribution is -2.28. The van der Waals surface area contributed by atoms with Crippen molar-refractivity contribution < 1.29 is 13.2 Å². The first kappa shape index (κ1) is 20.0. The number of aromatic nitrogens is 2. The Labute approximate surface area is 171 Å². The second-order valence-corrected chi connectivity index (χ2v) is 7.96. The fourth-order valence-electron chi connectivity index (χ4n) is 3.36. The summed E-state index contributed by atoms with van der Waals surface area (Å²) in [6.45, 7) is 2.52. The molecule has 0 amide bonds. The van der Waals surface area contributed by atoms with Crippen LogP contribution in [0.3, 0.4) is 0 Å². The summed E-state index contributed by atoms with van der Waals surface area (Å²) in [6.07, 6.45) is -1.41. The topological polar surface area (TPSA) is 33.1 Å². The number of likely N-dealkylation sites (tertiary alicyclic amines) is 1. The third kappa shape index (κ3) is 5.20. The Hall–Kier alpha value is -2.29. The third-order valence-corrected chi connectivity index (χ3v) is 5.77. The van der Waals surface area contributed by atoms with E-state index >= 15 is 0 Å². The minimum Gasteiger partial charge on any atom is -0.296 e. The minimum absolute atomic E-state index is 0.228. The summed E-state index contributed by atoms with van der Waals surface area (Å²) in [5.74, 6) is 0. The van der Waals surface area contributed by atoms with Gasteiger partial charge in [-0.05, 0) is 54.8 Å². The van der Waals surface area contributed by atoms with Gasteiger partial charge in [0, 0.05) is 36.8 Å². The number of para-hydroxylation sites is 1. The Morgan fingerprint density at radius 1 is 1.07 bits per heavy atom. The third-order valence-electron chi connectivity index (χ3n) is 4.83. The van der Waals surface area contributed by atoms with E-state index in [9.17, 15) is 13.2 Å². The van der Waals surface area contributed by atoms with Crippen LogP contribution in [0.25, 0.3) is 5.69 Å². The summed E-state index contributed by atoms with van der Waals surface area (Å²) in [4.78, 5) is 2.88. The highest BCUT2D eigenvalue weighted by atomic mass is 32.2. The summed E-state index contributed by atoms with van der Waals surface area (Å²) < 4.78 is 43.7.